The van der Waals surface area contributed by atoms with Crippen LogP contribution in [0, 0.1) is 0 Å². The molecule has 4 aliphatic rings. The molecule has 63 heavy (non-hydrogen) atoms. The zero-order valence-electron chi connectivity index (χ0n) is 35.5. The fourth-order valence-corrected chi connectivity index (χ4v) is 12.1. The molecule has 0 aliphatic heterocycles. The second-order valence-corrected chi connectivity index (χ2v) is 18.3. The third-order valence-electron chi connectivity index (χ3n) is 14.8. The van der Waals surface area contributed by atoms with Gasteiger partial charge in [-0.3, -0.25) is 0 Å². The molecule has 0 heterocycles. The summed E-state index contributed by atoms with van der Waals surface area (Å²) in [5.41, 5.74) is 23.2. The van der Waals surface area contributed by atoms with Crippen LogP contribution in [0.2, 0.25) is 0 Å². The van der Waals surface area contributed by atoms with Crippen LogP contribution in [0.15, 0.2) is 224 Å². The molecular formula is C62H45N. The Morgan fingerprint density at radius 1 is 0.429 bits per heavy atom. The van der Waals surface area contributed by atoms with Gasteiger partial charge < -0.3 is 4.90 Å². The lowest BCUT2D eigenvalue weighted by atomic mass is 9.70. The molecule has 0 amide bonds. The Morgan fingerprint density at radius 3 is 1.65 bits per heavy atom. The van der Waals surface area contributed by atoms with Crippen LogP contribution in [0.25, 0.3) is 60.9 Å². The normalized spacial score (nSPS) is 16.6. The summed E-state index contributed by atoms with van der Waals surface area (Å²) in [4.78, 5) is 2.63. The second kappa shape index (κ2) is 13.5. The number of nitrogens with zero attached hydrogens (tertiary/aromatic N) is 1. The smallest absolute Gasteiger partial charge is 0.0726 e. The van der Waals surface area contributed by atoms with Crippen LogP contribution >= 0.6 is 0 Å². The molecule has 0 saturated heterocycles. The minimum absolute atomic E-state index is 0.0958. The second-order valence-electron chi connectivity index (χ2n) is 18.3. The highest BCUT2D eigenvalue weighted by Gasteiger charge is 2.52. The van der Waals surface area contributed by atoms with Gasteiger partial charge in [0.1, 0.15) is 0 Å². The van der Waals surface area contributed by atoms with Gasteiger partial charge in [-0.1, -0.05) is 208 Å². The molecule has 0 aromatic heterocycles. The van der Waals surface area contributed by atoms with Crippen molar-refractivity contribution >= 4 is 27.7 Å². The van der Waals surface area contributed by atoms with E-state index < -0.39 is 5.41 Å². The fraction of sp³-hybridized carbons (Fsp3) is 0.0968. The van der Waals surface area contributed by atoms with Gasteiger partial charge in [-0.15, -0.1) is 0 Å². The lowest BCUT2D eigenvalue weighted by Crippen LogP contribution is -2.32. The number of hydrogen-bond acceptors (Lipinski definition) is 1. The predicted molar refractivity (Wildman–Crippen MR) is 264 cm³/mol. The van der Waals surface area contributed by atoms with Gasteiger partial charge in [-0.05, 0) is 130 Å². The molecule has 0 radical (unpaired) electrons. The van der Waals surface area contributed by atoms with Crippen molar-refractivity contribution in [1.29, 1.82) is 0 Å². The fourth-order valence-electron chi connectivity index (χ4n) is 12.1. The molecule has 1 atom stereocenters. The van der Waals surface area contributed by atoms with Crippen LogP contribution < -0.4 is 4.90 Å². The molecule has 1 spiro atoms. The first-order valence-electron chi connectivity index (χ1n) is 22.5. The van der Waals surface area contributed by atoms with E-state index in [1.54, 1.807) is 0 Å². The molecule has 1 unspecified atom stereocenters. The molecule has 4 aliphatic carbocycles. The summed E-state index contributed by atoms with van der Waals surface area (Å²) in [6, 6.07) is 77.5. The molecule has 0 fully saturated rings. The van der Waals surface area contributed by atoms with E-state index in [-0.39, 0.29) is 11.5 Å². The predicted octanol–water partition coefficient (Wildman–Crippen LogP) is 15.7. The largest absolute Gasteiger partial charge is 0.334 e. The summed E-state index contributed by atoms with van der Waals surface area (Å²) in [6.45, 7) is 4.80. The molecule has 298 valence electrons. The Kier molecular flexibility index (Phi) is 7.76. The number of hydrogen-bond donors (Lipinski definition) is 0. The Hall–Kier alpha value is -7.48. The first kappa shape index (κ1) is 36.2. The van der Waals surface area contributed by atoms with E-state index >= 15 is 0 Å². The summed E-state index contributed by atoms with van der Waals surface area (Å²) < 4.78 is 0. The van der Waals surface area contributed by atoms with Crippen LogP contribution in [-0.4, -0.2) is 6.04 Å². The number of rotatable bonds is 5. The van der Waals surface area contributed by atoms with Crippen molar-refractivity contribution in [2.24, 2.45) is 0 Å². The minimum atomic E-state index is -0.415. The number of fused-ring (bicyclic) bond motifs is 14. The van der Waals surface area contributed by atoms with E-state index in [1.165, 1.54) is 111 Å². The molecule has 9 aromatic rings. The molecular weight excluding hydrogens is 759 g/mol. The van der Waals surface area contributed by atoms with Crippen molar-refractivity contribution in [1.82, 2.24) is 0 Å². The van der Waals surface area contributed by atoms with Gasteiger partial charge >= 0.3 is 0 Å². The average molecular weight is 804 g/mol. The monoisotopic (exact) mass is 803 g/mol. The maximum atomic E-state index is 2.63. The molecule has 1 heteroatoms. The summed E-state index contributed by atoms with van der Waals surface area (Å²) in [5.74, 6) is 0. The van der Waals surface area contributed by atoms with Crippen LogP contribution in [0.4, 0.5) is 11.4 Å². The minimum Gasteiger partial charge on any atom is -0.334 e. The molecule has 1 nitrogen and oxygen atoms in total. The number of benzene rings is 9. The Balaban J connectivity index is 1.01. The highest BCUT2D eigenvalue weighted by atomic mass is 15.2. The number of anilines is 2. The topological polar surface area (TPSA) is 3.24 Å². The van der Waals surface area contributed by atoms with E-state index in [1.807, 2.05) is 0 Å². The van der Waals surface area contributed by atoms with Crippen molar-refractivity contribution in [3.05, 3.63) is 257 Å². The van der Waals surface area contributed by atoms with Gasteiger partial charge in [-0.25, -0.2) is 0 Å². The van der Waals surface area contributed by atoms with Gasteiger partial charge in [0, 0.05) is 16.8 Å². The summed E-state index contributed by atoms with van der Waals surface area (Å²) >= 11 is 0. The Morgan fingerprint density at radius 2 is 0.968 bits per heavy atom. The highest BCUT2D eigenvalue weighted by Crippen LogP contribution is 2.63. The van der Waals surface area contributed by atoms with Crippen LogP contribution in [-0.2, 0) is 10.8 Å². The summed E-state index contributed by atoms with van der Waals surface area (Å²) in [6.07, 6.45) is 6.02. The number of allylic oxidation sites excluding steroid dienone is 2. The van der Waals surface area contributed by atoms with Gasteiger partial charge in [0.05, 0.1) is 11.5 Å². The van der Waals surface area contributed by atoms with Crippen LogP contribution in [0.1, 0.15) is 53.6 Å². The standard InChI is InChI=1S/C62H45N/c1-61(2)54-24-12-8-20-48(54)52-36-33-44(38-58(52)61)63(43-31-28-41(29-32-43)47-35-30-40-16-6-7-19-46(40)60(47)42-17-4-3-5-18-42)45-34-37-53-51-23-11-15-27-57(51)62(59(53)39-45)55-25-13-9-21-49(55)50-22-10-14-26-56(50)62/h3-32,34-39,44H,33H2,1-2H3. The van der Waals surface area contributed by atoms with E-state index in [9.17, 15) is 0 Å². The first-order chi connectivity index (χ1) is 31.0. The van der Waals surface area contributed by atoms with Crippen molar-refractivity contribution in [3.63, 3.8) is 0 Å². The Labute approximate surface area is 370 Å². The quantitative estimate of drug-likeness (QED) is 0.168. The molecule has 0 N–H and O–H groups in total. The van der Waals surface area contributed by atoms with Crippen molar-refractivity contribution in [2.45, 2.75) is 37.1 Å². The zero-order chi connectivity index (χ0) is 41.9. The highest BCUT2D eigenvalue weighted by molar-refractivity contribution is 6.04. The van der Waals surface area contributed by atoms with Gasteiger partial charge in [0.2, 0.25) is 0 Å². The van der Waals surface area contributed by atoms with Gasteiger partial charge in [0.25, 0.3) is 0 Å². The lowest BCUT2D eigenvalue weighted by molar-refractivity contribution is 0.644. The first-order valence-corrected chi connectivity index (χ1v) is 22.5. The molecule has 9 aromatic carbocycles. The SMILES string of the molecule is CC1(C)C2=CC(N(c3ccc(-c4ccc5ccccc5c4-c4ccccc4)cc3)c3ccc4c(c3)C3(c5ccccc5-c5ccccc53)c3ccccc3-4)CC=C2c2ccccc21. The van der Waals surface area contributed by atoms with Gasteiger partial charge in [-0.2, -0.15) is 0 Å². The third-order valence-corrected chi connectivity index (χ3v) is 14.8. The molecule has 0 bridgehead atoms. The summed E-state index contributed by atoms with van der Waals surface area (Å²) in [7, 11) is 0. The molecule has 0 saturated carbocycles. The summed E-state index contributed by atoms with van der Waals surface area (Å²) in [5, 5.41) is 2.52. The Bertz CT molecular complexity index is 3340. The van der Waals surface area contributed by atoms with Crippen LogP contribution in [0.3, 0.4) is 0 Å². The van der Waals surface area contributed by atoms with Gasteiger partial charge in [0.15, 0.2) is 0 Å². The van der Waals surface area contributed by atoms with Crippen molar-refractivity contribution < 1.29 is 0 Å². The van der Waals surface area contributed by atoms with E-state index in [2.05, 4.69) is 237 Å². The maximum absolute atomic E-state index is 2.63. The van der Waals surface area contributed by atoms with E-state index in [4.69, 9.17) is 0 Å². The third kappa shape index (κ3) is 5.05. The lowest BCUT2D eigenvalue weighted by Gasteiger charge is -2.37. The van der Waals surface area contributed by atoms with Crippen molar-refractivity contribution in [3.8, 4) is 44.5 Å². The average Bonchev–Trinajstić information content (AvgIpc) is 3.90. The van der Waals surface area contributed by atoms with Crippen molar-refractivity contribution in [2.75, 3.05) is 4.90 Å². The van der Waals surface area contributed by atoms with E-state index in [0.29, 0.717) is 0 Å². The zero-order valence-corrected chi connectivity index (χ0v) is 35.5. The molecule has 13 rings (SSSR count). The van der Waals surface area contributed by atoms with Crippen LogP contribution in [0.5, 0.6) is 0 Å². The van der Waals surface area contributed by atoms with E-state index in [0.717, 1.165) is 6.42 Å². The maximum Gasteiger partial charge on any atom is 0.0726 e.